The minimum atomic E-state index is -0.265. The summed E-state index contributed by atoms with van der Waals surface area (Å²) in [5.41, 5.74) is 2.70. The lowest BCUT2D eigenvalue weighted by molar-refractivity contribution is 1.10. The van der Waals surface area contributed by atoms with Gasteiger partial charge in [-0.25, -0.2) is 0 Å². The van der Waals surface area contributed by atoms with Crippen LogP contribution >= 0.6 is 7.92 Å². The molecule has 44 valence electrons. The summed E-state index contributed by atoms with van der Waals surface area (Å²) in [6, 6.07) is 0. The third-order valence-corrected chi connectivity index (χ3v) is 2.55. The zero-order chi connectivity index (χ0) is 6.41. The van der Waals surface area contributed by atoms with Crippen LogP contribution in [0.4, 0.5) is 0 Å². The topological polar surface area (TPSA) is 0 Å². The fraction of sp³-hybridized carbons (Fsp3) is 0.429. The van der Waals surface area contributed by atoms with E-state index in [1.165, 1.54) is 6.42 Å². The van der Waals surface area contributed by atoms with Gasteiger partial charge in [0.2, 0.25) is 0 Å². The Morgan fingerprint density at radius 1 is 1.88 bits per heavy atom. The Hall–Kier alpha value is -0.270. The van der Waals surface area contributed by atoms with Gasteiger partial charge in [0.1, 0.15) is 0 Å². The van der Waals surface area contributed by atoms with E-state index in [9.17, 15) is 0 Å². The van der Waals surface area contributed by atoms with Crippen LogP contribution in [0.1, 0.15) is 13.3 Å². The van der Waals surface area contributed by atoms with Crippen LogP contribution in [0.2, 0.25) is 0 Å². The highest BCUT2D eigenvalue weighted by Gasteiger charge is 1.92. The van der Waals surface area contributed by atoms with Crippen molar-refractivity contribution in [3.8, 4) is 12.1 Å². The van der Waals surface area contributed by atoms with Crippen molar-refractivity contribution in [2.45, 2.75) is 13.3 Å². The third-order valence-electron chi connectivity index (χ3n) is 0.851. The van der Waals surface area contributed by atoms with Crippen LogP contribution in [0.25, 0.3) is 0 Å². The van der Waals surface area contributed by atoms with E-state index < -0.39 is 0 Å². The Labute approximate surface area is 52.7 Å². The quantitative estimate of drug-likeness (QED) is 0.402. The summed E-state index contributed by atoms with van der Waals surface area (Å²) in [6.45, 7) is 5.77. The SMILES string of the molecule is C#CP(C=C)CCC. The van der Waals surface area contributed by atoms with Crippen molar-refractivity contribution >= 4 is 7.92 Å². The highest BCUT2D eigenvalue weighted by Crippen LogP contribution is 2.34. The normalized spacial score (nSPS) is 12.0. The molecule has 0 spiro atoms. The molecule has 0 N–H and O–H groups in total. The monoisotopic (exact) mass is 126 g/mol. The smallest absolute Gasteiger partial charge is 0.00500 e. The molecule has 0 radical (unpaired) electrons. The van der Waals surface area contributed by atoms with E-state index in [4.69, 9.17) is 6.42 Å². The molecular weight excluding hydrogens is 115 g/mol. The zero-order valence-corrected chi connectivity index (χ0v) is 6.12. The fourth-order valence-electron chi connectivity index (χ4n) is 0.449. The van der Waals surface area contributed by atoms with Crippen molar-refractivity contribution in [3.63, 3.8) is 0 Å². The number of rotatable bonds is 3. The molecule has 8 heavy (non-hydrogen) atoms. The minimum Gasteiger partial charge on any atom is -0.115 e. The molecule has 0 aliphatic rings. The highest BCUT2D eigenvalue weighted by molar-refractivity contribution is 7.65. The van der Waals surface area contributed by atoms with Crippen molar-refractivity contribution in [3.05, 3.63) is 12.4 Å². The maximum atomic E-state index is 5.18. The summed E-state index contributed by atoms with van der Waals surface area (Å²) in [5.74, 6) is 1.89. The fourth-order valence-corrected chi connectivity index (χ4v) is 1.35. The van der Waals surface area contributed by atoms with Gasteiger partial charge < -0.3 is 0 Å². The van der Waals surface area contributed by atoms with Crippen LogP contribution in [0, 0.1) is 12.1 Å². The van der Waals surface area contributed by atoms with Crippen LogP contribution in [0.3, 0.4) is 0 Å². The van der Waals surface area contributed by atoms with Gasteiger partial charge in [0.25, 0.3) is 0 Å². The summed E-state index contributed by atoms with van der Waals surface area (Å²) in [6.07, 6.45) is 7.48. The van der Waals surface area contributed by atoms with Crippen LogP contribution in [0.5, 0.6) is 0 Å². The molecule has 1 heteroatoms. The van der Waals surface area contributed by atoms with Crippen molar-refractivity contribution in [1.82, 2.24) is 0 Å². The first kappa shape index (κ1) is 7.73. The van der Waals surface area contributed by atoms with E-state index >= 15 is 0 Å². The average Bonchev–Trinajstić information content (AvgIpc) is 1.83. The molecule has 0 fully saturated rings. The molecule has 0 heterocycles. The van der Waals surface area contributed by atoms with Crippen LogP contribution in [-0.4, -0.2) is 6.16 Å². The first-order valence-corrected chi connectivity index (χ1v) is 4.30. The van der Waals surface area contributed by atoms with Gasteiger partial charge in [-0.2, -0.15) is 0 Å². The van der Waals surface area contributed by atoms with Crippen LogP contribution < -0.4 is 0 Å². The standard InChI is InChI=1S/C7H11P/c1-4-7-8(5-2)6-3/h2,6H,3-4,7H2,1H3. The average molecular weight is 126 g/mol. The second-order valence-electron chi connectivity index (χ2n) is 1.51. The molecule has 0 amide bonds. The first-order valence-electron chi connectivity index (χ1n) is 2.70. The summed E-state index contributed by atoms with van der Waals surface area (Å²) < 4.78 is 0. The largest absolute Gasteiger partial charge is 0.115 e. The van der Waals surface area contributed by atoms with Gasteiger partial charge in [0.15, 0.2) is 0 Å². The molecule has 0 aromatic rings. The van der Waals surface area contributed by atoms with E-state index in [1.54, 1.807) is 0 Å². The highest BCUT2D eigenvalue weighted by atomic mass is 31.1. The molecule has 1 atom stereocenters. The molecular formula is C7H11P. The molecule has 0 aromatic carbocycles. The molecule has 0 aliphatic heterocycles. The molecule has 0 nitrogen and oxygen atoms in total. The van der Waals surface area contributed by atoms with Gasteiger partial charge in [-0.15, -0.1) is 6.42 Å². The van der Waals surface area contributed by atoms with Crippen LogP contribution in [0.15, 0.2) is 12.4 Å². The molecule has 0 saturated heterocycles. The van der Waals surface area contributed by atoms with E-state index in [0.717, 1.165) is 6.16 Å². The molecule has 1 unspecified atom stereocenters. The second-order valence-corrected chi connectivity index (χ2v) is 3.52. The van der Waals surface area contributed by atoms with Gasteiger partial charge in [-0.3, -0.25) is 0 Å². The maximum Gasteiger partial charge on any atom is -0.00500 e. The van der Waals surface area contributed by atoms with Crippen molar-refractivity contribution in [2.24, 2.45) is 0 Å². The van der Waals surface area contributed by atoms with E-state index in [0.29, 0.717) is 0 Å². The Kier molecular flexibility index (Phi) is 4.71. The predicted molar refractivity (Wildman–Crippen MR) is 41.1 cm³/mol. The first-order chi connectivity index (χ1) is 3.85. The second kappa shape index (κ2) is 4.88. The molecule has 0 bridgehead atoms. The lowest BCUT2D eigenvalue weighted by atomic mass is 10.6. The summed E-state index contributed by atoms with van der Waals surface area (Å²) in [5, 5.41) is 0. The summed E-state index contributed by atoms with van der Waals surface area (Å²) >= 11 is 0. The van der Waals surface area contributed by atoms with Gasteiger partial charge >= 0.3 is 0 Å². The molecule has 0 aromatic heterocycles. The van der Waals surface area contributed by atoms with Gasteiger partial charge in [0, 0.05) is 0 Å². The minimum absolute atomic E-state index is 0.265. The van der Waals surface area contributed by atoms with Crippen molar-refractivity contribution < 1.29 is 0 Å². The maximum absolute atomic E-state index is 5.18. The molecule has 0 aliphatic carbocycles. The Morgan fingerprint density at radius 2 is 2.50 bits per heavy atom. The Balaban J connectivity index is 3.40. The van der Waals surface area contributed by atoms with Crippen LogP contribution in [-0.2, 0) is 0 Å². The van der Waals surface area contributed by atoms with Gasteiger partial charge in [0.05, 0.1) is 0 Å². The Bertz CT molecular complexity index is 99.4. The summed E-state index contributed by atoms with van der Waals surface area (Å²) in [7, 11) is -0.265. The van der Waals surface area contributed by atoms with E-state index in [-0.39, 0.29) is 7.92 Å². The van der Waals surface area contributed by atoms with E-state index in [1.807, 2.05) is 5.82 Å². The van der Waals surface area contributed by atoms with E-state index in [2.05, 4.69) is 19.2 Å². The number of hydrogen-bond acceptors (Lipinski definition) is 0. The van der Waals surface area contributed by atoms with Gasteiger partial charge in [-0.05, 0) is 14.1 Å². The van der Waals surface area contributed by atoms with Gasteiger partial charge in [-0.1, -0.05) is 31.4 Å². The number of terminal acetylenes is 1. The molecule has 0 rings (SSSR count). The van der Waals surface area contributed by atoms with Crippen molar-refractivity contribution in [2.75, 3.05) is 6.16 Å². The predicted octanol–water partition coefficient (Wildman–Crippen LogP) is 2.61. The lowest BCUT2D eigenvalue weighted by Gasteiger charge is -1.98. The van der Waals surface area contributed by atoms with Crippen molar-refractivity contribution in [1.29, 1.82) is 0 Å². The lowest BCUT2D eigenvalue weighted by Crippen LogP contribution is -1.72. The molecule has 0 saturated carbocycles. The zero-order valence-electron chi connectivity index (χ0n) is 5.22. The summed E-state index contributed by atoms with van der Waals surface area (Å²) in [4.78, 5) is 0. The Morgan fingerprint density at radius 3 is 2.62 bits per heavy atom. The third kappa shape index (κ3) is 2.83. The number of hydrogen-bond donors (Lipinski definition) is 0.